The zero-order valence-electron chi connectivity index (χ0n) is 10.4. The van der Waals surface area contributed by atoms with Crippen LogP contribution in [0.5, 0.6) is 0 Å². The lowest BCUT2D eigenvalue weighted by molar-refractivity contribution is 0.0838. The van der Waals surface area contributed by atoms with Crippen molar-refractivity contribution in [3.8, 4) is 0 Å². The highest BCUT2D eigenvalue weighted by molar-refractivity contribution is 5.89. The molecule has 1 aliphatic rings. The van der Waals surface area contributed by atoms with Gasteiger partial charge in [0.2, 0.25) is 0 Å². The maximum Gasteiger partial charge on any atom is 0.321 e. The average molecular weight is 250 g/mol. The van der Waals surface area contributed by atoms with Gasteiger partial charge in [-0.15, -0.1) is 0 Å². The van der Waals surface area contributed by atoms with Crippen molar-refractivity contribution in [1.29, 1.82) is 0 Å². The summed E-state index contributed by atoms with van der Waals surface area (Å²) >= 11 is 0. The minimum Gasteiger partial charge on any atom is -0.396 e. The molecule has 0 radical (unpaired) electrons. The molecule has 0 aliphatic carbocycles. The number of anilines is 1. The van der Waals surface area contributed by atoms with E-state index in [1.807, 2.05) is 24.3 Å². The molecule has 1 saturated heterocycles. The first kappa shape index (κ1) is 12.9. The standard InChI is InChI=1S/C13H18N2O3/c1-18-9-10-3-2-4-12(5-10)14-13(17)15-6-11(7-15)8-16/h2-5,11,16H,6-9H2,1H3,(H,14,17). The molecule has 2 N–H and O–H groups in total. The second kappa shape index (κ2) is 5.84. The highest BCUT2D eigenvalue weighted by atomic mass is 16.5. The van der Waals surface area contributed by atoms with Crippen LogP contribution in [-0.4, -0.2) is 42.8 Å². The highest BCUT2D eigenvalue weighted by Gasteiger charge is 2.29. The van der Waals surface area contributed by atoms with Gasteiger partial charge in [0.05, 0.1) is 6.61 Å². The number of carbonyl (C=O) groups excluding carboxylic acids is 1. The maximum atomic E-state index is 11.8. The smallest absolute Gasteiger partial charge is 0.321 e. The van der Waals surface area contributed by atoms with E-state index in [-0.39, 0.29) is 18.6 Å². The number of methoxy groups -OCH3 is 1. The van der Waals surface area contributed by atoms with Crippen molar-refractivity contribution in [3.63, 3.8) is 0 Å². The summed E-state index contributed by atoms with van der Waals surface area (Å²) < 4.78 is 5.05. The van der Waals surface area contributed by atoms with Gasteiger partial charge >= 0.3 is 6.03 Å². The molecule has 0 unspecified atom stereocenters. The molecular formula is C13H18N2O3. The lowest BCUT2D eigenvalue weighted by atomic mass is 10.0. The van der Waals surface area contributed by atoms with Crippen LogP contribution in [-0.2, 0) is 11.3 Å². The Hall–Kier alpha value is -1.59. The van der Waals surface area contributed by atoms with E-state index >= 15 is 0 Å². The molecule has 98 valence electrons. The largest absolute Gasteiger partial charge is 0.396 e. The van der Waals surface area contributed by atoms with Crippen LogP contribution in [0.4, 0.5) is 10.5 Å². The van der Waals surface area contributed by atoms with E-state index in [1.165, 1.54) is 0 Å². The minimum atomic E-state index is -0.116. The Labute approximate surface area is 106 Å². The van der Waals surface area contributed by atoms with Gasteiger partial charge in [-0.1, -0.05) is 12.1 Å². The number of nitrogens with zero attached hydrogens (tertiary/aromatic N) is 1. The molecular weight excluding hydrogens is 232 g/mol. The average Bonchev–Trinajstić information content (AvgIpc) is 2.28. The van der Waals surface area contributed by atoms with Crippen molar-refractivity contribution in [2.75, 3.05) is 32.1 Å². The number of hydrogen-bond donors (Lipinski definition) is 2. The van der Waals surface area contributed by atoms with Gasteiger partial charge in [-0.25, -0.2) is 4.79 Å². The van der Waals surface area contributed by atoms with Crippen LogP contribution >= 0.6 is 0 Å². The second-order valence-corrected chi connectivity index (χ2v) is 4.52. The molecule has 0 saturated carbocycles. The number of benzene rings is 1. The van der Waals surface area contributed by atoms with E-state index in [0.717, 1.165) is 11.3 Å². The molecule has 2 amide bonds. The number of aliphatic hydroxyl groups is 1. The molecule has 1 aromatic carbocycles. The van der Waals surface area contributed by atoms with Gasteiger partial charge in [-0.3, -0.25) is 0 Å². The Kier molecular flexibility index (Phi) is 4.17. The Morgan fingerprint density at radius 2 is 2.33 bits per heavy atom. The van der Waals surface area contributed by atoms with Gasteiger partial charge in [0.1, 0.15) is 0 Å². The van der Waals surface area contributed by atoms with Crippen LogP contribution in [0.1, 0.15) is 5.56 Å². The molecule has 1 aromatic rings. The summed E-state index contributed by atoms with van der Waals surface area (Å²) in [6, 6.07) is 7.46. The molecule has 2 rings (SSSR count). The number of nitrogens with one attached hydrogen (secondary N) is 1. The first-order chi connectivity index (χ1) is 8.72. The van der Waals surface area contributed by atoms with Crippen LogP contribution < -0.4 is 5.32 Å². The Morgan fingerprint density at radius 1 is 1.56 bits per heavy atom. The second-order valence-electron chi connectivity index (χ2n) is 4.52. The predicted octanol–water partition coefficient (Wildman–Crippen LogP) is 1.29. The summed E-state index contributed by atoms with van der Waals surface area (Å²) in [5.41, 5.74) is 1.79. The number of urea groups is 1. The van der Waals surface area contributed by atoms with Crippen molar-refractivity contribution >= 4 is 11.7 Å². The van der Waals surface area contributed by atoms with Crippen molar-refractivity contribution < 1.29 is 14.6 Å². The summed E-state index contributed by atoms with van der Waals surface area (Å²) in [6.07, 6.45) is 0. The maximum absolute atomic E-state index is 11.8. The lowest BCUT2D eigenvalue weighted by Crippen LogP contribution is -2.52. The fraction of sp³-hybridized carbons (Fsp3) is 0.462. The molecule has 5 nitrogen and oxygen atoms in total. The van der Waals surface area contributed by atoms with Crippen molar-refractivity contribution in [2.24, 2.45) is 5.92 Å². The predicted molar refractivity (Wildman–Crippen MR) is 68.3 cm³/mol. The molecule has 1 fully saturated rings. The van der Waals surface area contributed by atoms with Crippen LogP contribution in [0, 0.1) is 5.92 Å². The van der Waals surface area contributed by atoms with E-state index in [9.17, 15) is 4.79 Å². The molecule has 18 heavy (non-hydrogen) atoms. The fourth-order valence-corrected chi connectivity index (χ4v) is 1.96. The van der Waals surface area contributed by atoms with E-state index in [0.29, 0.717) is 19.7 Å². The summed E-state index contributed by atoms with van der Waals surface area (Å²) in [4.78, 5) is 13.5. The van der Waals surface area contributed by atoms with E-state index in [4.69, 9.17) is 9.84 Å². The van der Waals surface area contributed by atoms with E-state index in [1.54, 1.807) is 12.0 Å². The number of ether oxygens (including phenoxy) is 1. The fourth-order valence-electron chi connectivity index (χ4n) is 1.96. The van der Waals surface area contributed by atoms with Gasteiger partial charge in [0.25, 0.3) is 0 Å². The third-order valence-electron chi connectivity index (χ3n) is 2.99. The van der Waals surface area contributed by atoms with Gasteiger partial charge in [-0.2, -0.15) is 0 Å². The normalized spacial score (nSPS) is 15.3. The first-order valence-electron chi connectivity index (χ1n) is 5.97. The number of amides is 2. The molecule has 0 spiro atoms. The number of carbonyl (C=O) groups is 1. The number of hydrogen-bond acceptors (Lipinski definition) is 3. The zero-order chi connectivity index (χ0) is 13.0. The Bertz CT molecular complexity index is 416. The Morgan fingerprint density at radius 3 is 3.00 bits per heavy atom. The van der Waals surface area contributed by atoms with Gasteiger partial charge in [0, 0.05) is 38.4 Å². The van der Waals surface area contributed by atoms with E-state index in [2.05, 4.69) is 5.32 Å². The molecule has 0 atom stereocenters. The topological polar surface area (TPSA) is 61.8 Å². The Balaban J connectivity index is 1.89. The van der Waals surface area contributed by atoms with Crippen molar-refractivity contribution in [2.45, 2.75) is 6.61 Å². The van der Waals surface area contributed by atoms with Crippen molar-refractivity contribution in [3.05, 3.63) is 29.8 Å². The number of rotatable bonds is 4. The summed E-state index contributed by atoms with van der Waals surface area (Å²) in [5, 5.41) is 11.7. The zero-order valence-corrected chi connectivity index (χ0v) is 10.4. The minimum absolute atomic E-state index is 0.116. The highest BCUT2D eigenvalue weighted by Crippen LogP contribution is 2.17. The van der Waals surface area contributed by atoms with Gasteiger partial charge < -0.3 is 20.1 Å². The summed E-state index contributed by atoms with van der Waals surface area (Å²) in [6.45, 7) is 1.92. The van der Waals surface area contributed by atoms with E-state index < -0.39 is 0 Å². The van der Waals surface area contributed by atoms with Crippen LogP contribution in [0.2, 0.25) is 0 Å². The molecule has 1 aliphatic heterocycles. The molecule has 1 heterocycles. The molecule has 0 bridgehead atoms. The summed E-state index contributed by atoms with van der Waals surface area (Å²) in [7, 11) is 1.64. The van der Waals surface area contributed by atoms with Crippen LogP contribution in [0.25, 0.3) is 0 Å². The third kappa shape index (κ3) is 3.00. The molecule has 5 heteroatoms. The SMILES string of the molecule is COCc1cccc(NC(=O)N2CC(CO)C2)c1. The lowest BCUT2D eigenvalue weighted by Gasteiger charge is -2.38. The van der Waals surface area contributed by atoms with Crippen LogP contribution in [0.15, 0.2) is 24.3 Å². The monoisotopic (exact) mass is 250 g/mol. The van der Waals surface area contributed by atoms with Gasteiger partial charge in [-0.05, 0) is 17.7 Å². The van der Waals surface area contributed by atoms with Crippen molar-refractivity contribution in [1.82, 2.24) is 4.90 Å². The van der Waals surface area contributed by atoms with Gasteiger partial charge in [0.15, 0.2) is 0 Å². The number of aliphatic hydroxyl groups excluding tert-OH is 1. The summed E-state index contributed by atoms with van der Waals surface area (Å²) in [5.74, 6) is 0.232. The number of likely N-dealkylation sites (tertiary alicyclic amines) is 1. The molecule has 0 aromatic heterocycles. The third-order valence-corrected chi connectivity index (χ3v) is 2.99. The quantitative estimate of drug-likeness (QED) is 0.846. The van der Waals surface area contributed by atoms with Crippen LogP contribution in [0.3, 0.4) is 0 Å². The first-order valence-corrected chi connectivity index (χ1v) is 5.97.